The third-order valence-corrected chi connectivity index (χ3v) is 7.23. The van der Waals surface area contributed by atoms with Crippen LogP contribution in [-0.2, 0) is 28.9 Å². The van der Waals surface area contributed by atoms with E-state index in [9.17, 15) is 9.59 Å². The smallest absolute Gasteiger partial charge is 0.341 e. The second-order valence-electron chi connectivity index (χ2n) is 8.27. The molecule has 0 saturated heterocycles. The van der Waals surface area contributed by atoms with Gasteiger partial charge in [0.2, 0.25) is 5.91 Å². The fourth-order valence-corrected chi connectivity index (χ4v) is 5.77. The molecule has 1 aliphatic carbocycles. The molecule has 0 atom stereocenters. The molecule has 8 heteroatoms. The maximum Gasteiger partial charge on any atom is 0.341 e. The summed E-state index contributed by atoms with van der Waals surface area (Å²) >= 11 is 1.46. The molecule has 3 aromatic heterocycles. The van der Waals surface area contributed by atoms with Crippen molar-refractivity contribution in [1.29, 1.82) is 0 Å². The Morgan fingerprint density at radius 2 is 1.94 bits per heavy atom. The highest BCUT2D eigenvalue weighted by Gasteiger charge is 2.28. The molecule has 0 bridgehead atoms. The van der Waals surface area contributed by atoms with Gasteiger partial charge in [-0.05, 0) is 55.9 Å². The number of hydrogen-bond acceptors (Lipinski definition) is 6. The molecule has 33 heavy (non-hydrogen) atoms. The number of carbonyl (C=O) groups excluding carboxylic acids is 2. The Balaban J connectivity index is 1.45. The zero-order valence-corrected chi connectivity index (χ0v) is 19.6. The summed E-state index contributed by atoms with van der Waals surface area (Å²) in [4.78, 5) is 31.0. The van der Waals surface area contributed by atoms with Gasteiger partial charge in [-0.15, -0.1) is 11.3 Å². The molecule has 0 aliphatic heterocycles. The minimum atomic E-state index is -0.408. The van der Waals surface area contributed by atoms with Gasteiger partial charge in [-0.1, -0.05) is 29.8 Å². The van der Waals surface area contributed by atoms with E-state index < -0.39 is 5.97 Å². The van der Waals surface area contributed by atoms with E-state index in [1.807, 2.05) is 13.0 Å². The van der Waals surface area contributed by atoms with Gasteiger partial charge in [0.05, 0.1) is 18.4 Å². The van der Waals surface area contributed by atoms with Crippen molar-refractivity contribution in [2.24, 2.45) is 0 Å². The number of fused-ring (bicyclic) bond motifs is 2. The maximum absolute atomic E-state index is 13.0. The van der Waals surface area contributed by atoms with Crippen LogP contribution in [0.25, 0.3) is 22.2 Å². The predicted octanol–water partition coefficient (Wildman–Crippen LogP) is 4.69. The topological polar surface area (TPSA) is 86.1 Å². The number of anilines is 1. The summed E-state index contributed by atoms with van der Waals surface area (Å²) in [5, 5.41) is 9.01. The lowest BCUT2D eigenvalue weighted by Gasteiger charge is -2.08. The largest absolute Gasteiger partial charge is 0.465 e. The number of methoxy groups -OCH3 is 1. The number of rotatable bonds is 5. The fraction of sp³-hybridized carbons (Fsp3) is 0.280. The normalized spacial score (nSPS) is 12.7. The summed E-state index contributed by atoms with van der Waals surface area (Å²) in [6, 6.07) is 10.3. The van der Waals surface area contributed by atoms with Crippen LogP contribution in [-0.4, -0.2) is 33.8 Å². The molecule has 0 fully saturated rings. The number of nitrogens with one attached hydrogen (secondary N) is 1. The molecule has 1 N–H and O–H groups in total. The maximum atomic E-state index is 13.0. The van der Waals surface area contributed by atoms with E-state index in [2.05, 4.69) is 46.6 Å². The predicted molar refractivity (Wildman–Crippen MR) is 129 cm³/mol. The van der Waals surface area contributed by atoms with Crippen LogP contribution in [0.1, 0.15) is 38.5 Å². The van der Waals surface area contributed by atoms with Crippen LogP contribution in [0.5, 0.6) is 0 Å². The van der Waals surface area contributed by atoms with Gasteiger partial charge in [-0.3, -0.25) is 4.79 Å². The number of benzene rings is 1. The monoisotopic (exact) mass is 460 g/mol. The van der Waals surface area contributed by atoms with E-state index in [4.69, 9.17) is 4.74 Å². The van der Waals surface area contributed by atoms with Crippen LogP contribution < -0.4 is 5.32 Å². The third kappa shape index (κ3) is 3.80. The Hall–Kier alpha value is -3.52. The number of aryl methyl sites for hydroxylation is 3. The highest BCUT2D eigenvalue weighted by molar-refractivity contribution is 7.17. The quantitative estimate of drug-likeness (QED) is 0.437. The van der Waals surface area contributed by atoms with Gasteiger partial charge in [0, 0.05) is 16.5 Å². The summed E-state index contributed by atoms with van der Waals surface area (Å²) in [6.07, 6.45) is 4.52. The Bertz CT molecular complexity index is 1390. The molecule has 168 valence electrons. The van der Waals surface area contributed by atoms with Gasteiger partial charge < -0.3 is 10.1 Å². The van der Waals surface area contributed by atoms with Crippen molar-refractivity contribution in [2.75, 3.05) is 12.4 Å². The van der Waals surface area contributed by atoms with Crippen molar-refractivity contribution in [1.82, 2.24) is 14.8 Å². The van der Waals surface area contributed by atoms with Crippen molar-refractivity contribution in [2.45, 2.75) is 39.7 Å². The molecule has 1 amide bonds. The van der Waals surface area contributed by atoms with Gasteiger partial charge in [0.1, 0.15) is 11.5 Å². The number of thiophene rings is 1. The number of hydrogen-bond donors (Lipinski definition) is 1. The van der Waals surface area contributed by atoms with Crippen LogP contribution >= 0.6 is 11.3 Å². The first-order valence-corrected chi connectivity index (χ1v) is 11.7. The highest BCUT2D eigenvalue weighted by Crippen LogP contribution is 2.39. The van der Waals surface area contributed by atoms with Crippen LogP contribution in [0.15, 0.2) is 36.5 Å². The van der Waals surface area contributed by atoms with Gasteiger partial charge in [0.25, 0.3) is 0 Å². The van der Waals surface area contributed by atoms with Gasteiger partial charge >= 0.3 is 5.97 Å². The molecule has 0 spiro atoms. The average Bonchev–Trinajstić information content (AvgIpc) is 3.47. The van der Waals surface area contributed by atoms with Crippen molar-refractivity contribution in [3.8, 4) is 11.1 Å². The lowest BCUT2D eigenvalue weighted by atomic mass is 10.0. The van der Waals surface area contributed by atoms with Crippen molar-refractivity contribution in [3.63, 3.8) is 0 Å². The SMILES string of the molecule is COC(=O)c1c(NC(=O)Cn2nc(C)c3c(-c4ccc(C)cc4)ccnc32)sc2c1CCC2. The number of ether oxygens (including phenoxy) is 1. The van der Waals surface area contributed by atoms with E-state index in [0.29, 0.717) is 16.2 Å². The fourth-order valence-electron chi connectivity index (χ4n) is 4.48. The summed E-state index contributed by atoms with van der Waals surface area (Å²) < 4.78 is 6.59. The van der Waals surface area contributed by atoms with Crippen molar-refractivity contribution >= 4 is 39.2 Å². The summed E-state index contributed by atoms with van der Waals surface area (Å²) in [5.74, 6) is -0.665. The minimum Gasteiger partial charge on any atom is -0.465 e. The number of pyridine rings is 1. The van der Waals surface area contributed by atoms with Crippen molar-refractivity contribution in [3.05, 3.63) is 63.8 Å². The van der Waals surface area contributed by atoms with Crippen LogP contribution in [0.3, 0.4) is 0 Å². The van der Waals surface area contributed by atoms with Crippen LogP contribution in [0, 0.1) is 13.8 Å². The number of amides is 1. The molecule has 0 radical (unpaired) electrons. The third-order valence-electron chi connectivity index (χ3n) is 6.03. The van der Waals surface area contributed by atoms with Crippen LogP contribution in [0.2, 0.25) is 0 Å². The van der Waals surface area contributed by atoms with Gasteiger partial charge in [-0.2, -0.15) is 5.10 Å². The van der Waals surface area contributed by atoms with Gasteiger partial charge in [-0.25, -0.2) is 14.5 Å². The first kappa shape index (κ1) is 21.3. The van der Waals surface area contributed by atoms with E-state index in [-0.39, 0.29) is 12.5 Å². The standard InChI is InChI=1S/C25H24N4O3S/c1-14-7-9-16(10-8-14)17-11-12-26-23-21(17)15(2)28-29(23)13-20(30)27-24-22(25(31)32-3)18-5-4-6-19(18)33-24/h7-12H,4-6,13H2,1-3H3,(H,27,30). The second-order valence-corrected chi connectivity index (χ2v) is 9.37. The average molecular weight is 461 g/mol. The lowest BCUT2D eigenvalue weighted by Crippen LogP contribution is -2.20. The summed E-state index contributed by atoms with van der Waals surface area (Å²) in [6.45, 7) is 3.98. The van der Waals surface area contributed by atoms with E-state index in [1.165, 1.54) is 24.0 Å². The minimum absolute atomic E-state index is 0.00211. The summed E-state index contributed by atoms with van der Waals surface area (Å²) in [5.41, 5.74) is 6.27. The molecule has 5 rings (SSSR count). The number of carbonyl (C=O) groups is 2. The molecular weight excluding hydrogens is 436 g/mol. The Labute approximate surface area is 195 Å². The van der Waals surface area contributed by atoms with E-state index in [0.717, 1.165) is 51.9 Å². The van der Waals surface area contributed by atoms with Crippen LogP contribution in [0.4, 0.5) is 5.00 Å². The highest BCUT2D eigenvalue weighted by atomic mass is 32.1. The Morgan fingerprint density at radius 1 is 1.15 bits per heavy atom. The zero-order valence-electron chi connectivity index (χ0n) is 18.8. The molecule has 0 saturated carbocycles. The Kier molecular flexibility index (Phi) is 5.46. The van der Waals surface area contributed by atoms with E-state index >= 15 is 0 Å². The van der Waals surface area contributed by atoms with E-state index in [1.54, 1.807) is 10.9 Å². The number of aromatic nitrogens is 3. The first-order chi connectivity index (χ1) is 16.0. The molecule has 1 aliphatic rings. The molecular formula is C25H24N4O3S. The first-order valence-electron chi connectivity index (χ1n) is 10.9. The Morgan fingerprint density at radius 3 is 2.70 bits per heavy atom. The summed E-state index contributed by atoms with van der Waals surface area (Å²) in [7, 11) is 1.36. The van der Waals surface area contributed by atoms with Gasteiger partial charge in [0.15, 0.2) is 5.65 Å². The molecule has 3 heterocycles. The number of nitrogens with zero attached hydrogens (tertiary/aromatic N) is 3. The number of esters is 1. The molecule has 0 unspecified atom stereocenters. The van der Waals surface area contributed by atoms with Crippen molar-refractivity contribution < 1.29 is 14.3 Å². The molecule has 4 aromatic rings. The second kappa shape index (κ2) is 8.44. The molecule has 7 nitrogen and oxygen atoms in total. The zero-order chi connectivity index (χ0) is 23.1. The lowest BCUT2D eigenvalue weighted by molar-refractivity contribution is -0.116. The molecule has 1 aromatic carbocycles.